The molecule has 0 aliphatic carbocycles. The summed E-state index contributed by atoms with van der Waals surface area (Å²) in [5, 5.41) is 1.10. The number of nitrogen functional groups attached to an aromatic ring is 1. The summed E-state index contributed by atoms with van der Waals surface area (Å²) in [4.78, 5) is 6.05. The van der Waals surface area contributed by atoms with Gasteiger partial charge in [-0.15, -0.1) is 11.3 Å². The van der Waals surface area contributed by atoms with E-state index < -0.39 is 0 Å². The average molecular weight is 324 g/mol. The number of hydrogen-bond donors (Lipinski definition) is 1. The molecular weight excluding hydrogens is 304 g/mol. The van der Waals surface area contributed by atoms with Crippen molar-refractivity contribution in [1.82, 2.24) is 4.98 Å². The van der Waals surface area contributed by atoms with Crippen LogP contribution in [0.2, 0.25) is 0 Å². The van der Waals surface area contributed by atoms with Crippen LogP contribution in [0.25, 0.3) is 11.3 Å². The quantitative estimate of drug-likeness (QED) is 0.693. The molecule has 1 aromatic heterocycles. The predicted octanol–water partition coefficient (Wildman–Crippen LogP) is 4.69. The Balaban J connectivity index is 1.83. The van der Waals surface area contributed by atoms with Gasteiger partial charge in [-0.25, -0.2) is 4.98 Å². The zero-order valence-corrected chi connectivity index (χ0v) is 14.2. The van der Waals surface area contributed by atoms with E-state index in [4.69, 9.17) is 15.5 Å². The van der Waals surface area contributed by atoms with Gasteiger partial charge in [0.05, 0.1) is 23.0 Å². The Labute approximate surface area is 140 Å². The van der Waals surface area contributed by atoms with Crippen LogP contribution in [0.3, 0.4) is 0 Å². The Morgan fingerprint density at radius 2 is 1.91 bits per heavy atom. The molecule has 4 heteroatoms. The lowest BCUT2D eigenvalue weighted by atomic mass is 10.1. The van der Waals surface area contributed by atoms with Gasteiger partial charge < -0.3 is 10.5 Å². The summed E-state index contributed by atoms with van der Waals surface area (Å²) in [6.45, 7) is 4.70. The molecule has 2 aromatic carbocycles. The second kappa shape index (κ2) is 6.84. The fraction of sp³-hybridized carbons (Fsp3) is 0.211. The molecule has 0 atom stereocenters. The lowest BCUT2D eigenvalue weighted by Crippen LogP contribution is -1.98. The van der Waals surface area contributed by atoms with Crippen LogP contribution in [0.15, 0.2) is 48.5 Å². The average Bonchev–Trinajstić information content (AvgIpc) is 2.91. The molecule has 0 bridgehead atoms. The number of benzene rings is 2. The summed E-state index contributed by atoms with van der Waals surface area (Å²) in [7, 11) is 0. The molecule has 0 saturated carbocycles. The number of thiazole rings is 1. The van der Waals surface area contributed by atoms with Gasteiger partial charge in [-0.05, 0) is 31.5 Å². The van der Waals surface area contributed by atoms with Crippen LogP contribution >= 0.6 is 11.3 Å². The van der Waals surface area contributed by atoms with Crippen molar-refractivity contribution in [3.8, 4) is 17.0 Å². The van der Waals surface area contributed by atoms with Crippen LogP contribution in [0, 0.1) is 6.92 Å². The minimum atomic E-state index is 0.621. The maximum Gasteiger partial charge on any atom is 0.142 e. The van der Waals surface area contributed by atoms with Gasteiger partial charge in [-0.2, -0.15) is 0 Å². The summed E-state index contributed by atoms with van der Waals surface area (Å²) in [6, 6.07) is 16.3. The highest BCUT2D eigenvalue weighted by Crippen LogP contribution is 2.30. The highest BCUT2D eigenvalue weighted by Gasteiger charge is 2.11. The van der Waals surface area contributed by atoms with E-state index in [1.807, 2.05) is 37.3 Å². The Kier molecular flexibility index (Phi) is 4.63. The Bertz CT molecular complexity index is 796. The number of ether oxygens (including phenoxy) is 1. The molecule has 0 saturated heterocycles. The van der Waals surface area contributed by atoms with Crippen LogP contribution < -0.4 is 10.5 Å². The maximum absolute atomic E-state index is 6.05. The Hall–Kier alpha value is -2.33. The molecule has 2 N–H and O–H groups in total. The van der Waals surface area contributed by atoms with Crippen LogP contribution in [-0.2, 0) is 6.42 Å². The highest BCUT2D eigenvalue weighted by molar-refractivity contribution is 7.12. The molecule has 0 spiro atoms. The van der Waals surface area contributed by atoms with E-state index >= 15 is 0 Å². The Morgan fingerprint density at radius 1 is 1.13 bits per heavy atom. The van der Waals surface area contributed by atoms with E-state index in [0.29, 0.717) is 12.3 Å². The van der Waals surface area contributed by atoms with Crippen LogP contribution in [0.5, 0.6) is 5.75 Å². The predicted molar refractivity (Wildman–Crippen MR) is 97.1 cm³/mol. The molecule has 3 rings (SSSR count). The molecular formula is C19H20N2OS. The van der Waals surface area contributed by atoms with Gasteiger partial charge in [0.15, 0.2) is 0 Å². The maximum atomic E-state index is 6.05. The normalized spacial score (nSPS) is 10.7. The van der Waals surface area contributed by atoms with Gasteiger partial charge in [-0.3, -0.25) is 0 Å². The van der Waals surface area contributed by atoms with Gasteiger partial charge in [0, 0.05) is 16.9 Å². The van der Waals surface area contributed by atoms with Crippen molar-refractivity contribution < 1.29 is 4.74 Å². The van der Waals surface area contributed by atoms with Gasteiger partial charge in [0.25, 0.3) is 0 Å². The number of hydrogen-bond acceptors (Lipinski definition) is 4. The number of nitrogens with two attached hydrogens (primary N) is 1. The molecule has 0 amide bonds. The minimum Gasteiger partial charge on any atom is -0.492 e. The summed E-state index contributed by atoms with van der Waals surface area (Å²) >= 11 is 1.74. The zero-order chi connectivity index (χ0) is 16.2. The third-order valence-corrected chi connectivity index (χ3v) is 4.59. The van der Waals surface area contributed by atoms with E-state index in [9.17, 15) is 0 Å². The molecule has 0 radical (unpaired) electrons. The lowest BCUT2D eigenvalue weighted by molar-refractivity contribution is 0.342. The van der Waals surface area contributed by atoms with Gasteiger partial charge in [0.1, 0.15) is 5.75 Å². The second-order valence-electron chi connectivity index (χ2n) is 5.36. The standard InChI is InChI=1S/C19H20N2OS/c1-3-22-17-10-9-14(11-16(17)20)12-18-21-19(13(2)23-18)15-7-5-4-6-8-15/h4-11H,3,12,20H2,1-2H3. The monoisotopic (exact) mass is 324 g/mol. The van der Waals surface area contributed by atoms with E-state index in [1.54, 1.807) is 11.3 Å². The van der Waals surface area contributed by atoms with E-state index in [1.165, 1.54) is 10.4 Å². The number of rotatable bonds is 5. The first-order valence-electron chi connectivity index (χ1n) is 7.70. The molecule has 0 aliphatic rings. The van der Waals surface area contributed by atoms with Gasteiger partial charge in [-0.1, -0.05) is 36.4 Å². The van der Waals surface area contributed by atoms with Gasteiger partial charge in [0.2, 0.25) is 0 Å². The molecule has 3 nitrogen and oxygen atoms in total. The lowest BCUT2D eigenvalue weighted by Gasteiger charge is -2.08. The molecule has 1 heterocycles. The highest BCUT2D eigenvalue weighted by atomic mass is 32.1. The summed E-state index contributed by atoms with van der Waals surface area (Å²) < 4.78 is 5.48. The number of anilines is 1. The molecule has 0 fully saturated rings. The molecule has 0 aliphatic heterocycles. The first kappa shape index (κ1) is 15.6. The smallest absolute Gasteiger partial charge is 0.142 e. The third-order valence-electron chi connectivity index (χ3n) is 3.62. The first-order valence-corrected chi connectivity index (χ1v) is 8.52. The fourth-order valence-corrected chi connectivity index (χ4v) is 3.55. The van der Waals surface area contributed by atoms with Crippen molar-refractivity contribution >= 4 is 17.0 Å². The van der Waals surface area contributed by atoms with Crippen LogP contribution in [0.4, 0.5) is 5.69 Å². The minimum absolute atomic E-state index is 0.621. The topological polar surface area (TPSA) is 48.1 Å². The third kappa shape index (κ3) is 3.54. The Morgan fingerprint density at radius 3 is 2.61 bits per heavy atom. The fourth-order valence-electron chi connectivity index (χ4n) is 2.56. The van der Waals surface area contributed by atoms with Crippen molar-refractivity contribution in [2.45, 2.75) is 20.3 Å². The molecule has 0 unspecified atom stereocenters. The van der Waals surface area contributed by atoms with E-state index in [-0.39, 0.29) is 0 Å². The number of nitrogens with zero attached hydrogens (tertiary/aromatic N) is 1. The van der Waals surface area contributed by atoms with Crippen molar-refractivity contribution in [3.05, 3.63) is 64.0 Å². The second-order valence-corrected chi connectivity index (χ2v) is 6.65. The first-order chi connectivity index (χ1) is 11.2. The number of aromatic nitrogens is 1. The van der Waals surface area contributed by atoms with Gasteiger partial charge >= 0.3 is 0 Å². The zero-order valence-electron chi connectivity index (χ0n) is 13.4. The largest absolute Gasteiger partial charge is 0.492 e. The number of aryl methyl sites for hydroxylation is 1. The summed E-state index contributed by atoms with van der Waals surface area (Å²) in [5.74, 6) is 0.747. The molecule has 23 heavy (non-hydrogen) atoms. The summed E-state index contributed by atoms with van der Waals surface area (Å²) in [6.07, 6.45) is 0.787. The van der Waals surface area contributed by atoms with Crippen LogP contribution in [-0.4, -0.2) is 11.6 Å². The van der Waals surface area contributed by atoms with Crippen molar-refractivity contribution in [3.63, 3.8) is 0 Å². The van der Waals surface area contributed by atoms with Crippen LogP contribution in [0.1, 0.15) is 22.4 Å². The van der Waals surface area contributed by atoms with E-state index in [0.717, 1.165) is 28.4 Å². The van der Waals surface area contributed by atoms with Crippen molar-refractivity contribution in [1.29, 1.82) is 0 Å². The van der Waals surface area contributed by atoms with E-state index in [2.05, 4.69) is 25.1 Å². The molecule has 3 aromatic rings. The summed E-state index contributed by atoms with van der Waals surface area (Å²) in [5.41, 5.74) is 10.1. The van der Waals surface area contributed by atoms with Crippen molar-refractivity contribution in [2.24, 2.45) is 0 Å². The SMILES string of the molecule is CCOc1ccc(Cc2nc(-c3ccccc3)c(C)s2)cc1N. The van der Waals surface area contributed by atoms with Crippen molar-refractivity contribution in [2.75, 3.05) is 12.3 Å². The molecule has 118 valence electrons.